The highest BCUT2D eigenvalue weighted by Crippen LogP contribution is 2.25. The molecule has 0 atom stereocenters. The van der Waals surface area contributed by atoms with Gasteiger partial charge in [0, 0.05) is 12.2 Å². The molecule has 3 N–H and O–H groups in total. The second kappa shape index (κ2) is 5.71. The second-order valence-electron chi connectivity index (χ2n) is 4.17. The van der Waals surface area contributed by atoms with Crippen molar-refractivity contribution >= 4 is 16.7 Å². The van der Waals surface area contributed by atoms with Crippen molar-refractivity contribution in [3.63, 3.8) is 0 Å². The van der Waals surface area contributed by atoms with Gasteiger partial charge in [0.25, 0.3) is 5.56 Å². The SMILES string of the molecule is CC.CCc1cn(C(C)C)c2c(N)n[nH]c(=O)c12. The monoisotopic (exact) mass is 250 g/mol. The van der Waals surface area contributed by atoms with Gasteiger partial charge in [0.15, 0.2) is 5.82 Å². The van der Waals surface area contributed by atoms with Gasteiger partial charge in [-0.3, -0.25) is 4.79 Å². The highest BCUT2D eigenvalue weighted by Gasteiger charge is 2.15. The summed E-state index contributed by atoms with van der Waals surface area (Å²) in [4.78, 5) is 11.8. The molecule has 5 heteroatoms. The summed E-state index contributed by atoms with van der Waals surface area (Å²) >= 11 is 0. The minimum absolute atomic E-state index is 0.166. The molecule has 0 radical (unpaired) electrons. The van der Waals surface area contributed by atoms with E-state index in [0.717, 1.165) is 17.5 Å². The predicted octanol–water partition coefficient (Wildman–Crippen LogP) is 2.48. The Balaban J connectivity index is 0.000000771. The van der Waals surface area contributed by atoms with E-state index in [1.54, 1.807) is 0 Å². The molecule has 0 spiro atoms. The largest absolute Gasteiger partial charge is 0.381 e. The van der Waals surface area contributed by atoms with Crippen molar-refractivity contribution in [2.45, 2.75) is 47.1 Å². The first-order chi connectivity index (χ1) is 8.56. The quantitative estimate of drug-likeness (QED) is 0.859. The number of nitrogens with two attached hydrogens (primary N) is 1. The van der Waals surface area contributed by atoms with Crippen LogP contribution in [0.1, 0.15) is 46.2 Å². The molecule has 2 aromatic heterocycles. The fourth-order valence-corrected chi connectivity index (χ4v) is 1.99. The van der Waals surface area contributed by atoms with Gasteiger partial charge >= 0.3 is 0 Å². The summed E-state index contributed by atoms with van der Waals surface area (Å²) in [5.74, 6) is 0.378. The molecule has 0 aliphatic heterocycles. The van der Waals surface area contributed by atoms with Gasteiger partial charge in [-0.25, -0.2) is 5.10 Å². The highest BCUT2D eigenvalue weighted by atomic mass is 16.1. The summed E-state index contributed by atoms with van der Waals surface area (Å²) in [7, 11) is 0. The van der Waals surface area contributed by atoms with Crippen molar-refractivity contribution in [1.82, 2.24) is 14.8 Å². The van der Waals surface area contributed by atoms with Gasteiger partial charge in [-0.1, -0.05) is 20.8 Å². The molecule has 0 aliphatic carbocycles. The van der Waals surface area contributed by atoms with Gasteiger partial charge in [-0.15, -0.1) is 0 Å². The minimum atomic E-state index is -0.166. The van der Waals surface area contributed by atoms with Crippen molar-refractivity contribution in [3.05, 3.63) is 22.1 Å². The standard InChI is InChI=1S/C11H16N4O.C2H6/c1-4-7-5-15(6(2)3)9-8(7)11(16)14-13-10(9)12;1-2/h5-6H,4H2,1-3H3,(H2,12,13)(H,14,16);1-2H3. The van der Waals surface area contributed by atoms with Crippen molar-refractivity contribution < 1.29 is 0 Å². The van der Waals surface area contributed by atoms with Gasteiger partial charge in [0.2, 0.25) is 0 Å². The van der Waals surface area contributed by atoms with Gasteiger partial charge in [-0.05, 0) is 25.8 Å². The molecule has 0 saturated heterocycles. The predicted molar refractivity (Wildman–Crippen MR) is 75.9 cm³/mol. The van der Waals surface area contributed by atoms with Gasteiger partial charge in [-0.2, -0.15) is 5.10 Å². The summed E-state index contributed by atoms with van der Waals surface area (Å²) in [6.07, 6.45) is 2.80. The summed E-state index contributed by atoms with van der Waals surface area (Å²) in [5.41, 5.74) is 7.42. The molecule has 2 rings (SSSR count). The lowest BCUT2D eigenvalue weighted by atomic mass is 10.2. The molecule has 0 saturated carbocycles. The highest BCUT2D eigenvalue weighted by molar-refractivity contribution is 5.90. The van der Waals surface area contributed by atoms with Crippen LogP contribution in [0.5, 0.6) is 0 Å². The zero-order valence-electron chi connectivity index (χ0n) is 11.7. The van der Waals surface area contributed by atoms with Crippen molar-refractivity contribution in [2.24, 2.45) is 0 Å². The molecule has 0 aliphatic rings. The molecule has 0 aromatic carbocycles. The lowest BCUT2D eigenvalue weighted by Crippen LogP contribution is -2.12. The van der Waals surface area contributed by atoms with Crippen molar-refractivity contribution in [2.75, 3.05) is 5.73 Å². The van der Waals surface area contributed by atoms with E-state index in [4.69, 9.17) is 5.73 Å². The number of rotatable bonds is 2. The Kier molecular flexibility index (Phi) is 4.53. The van der Waals surface area contributed by atoms with Crippen LogP contribution in [0.25, 0.3) is 10.9 Å². The number of aryl methyl sites for hydroxylation is 1. The molecule has 0 amide bonds. The summed E-state index contributed by atoms with van der Waals surface area (Å²) in [6, 6.07) is 0.258. The number of anilines is 1. The van der Waals surface area contributed by atoms with Crippen molar-refractivity contribution in [1.29, 1.82) is 0 Å². The minimum Gasteiger partial charge on any atom is -0.381 e. The third kappa shape index (κ3) is 2.25. The molecule has 0 bridgehead atoms. The first kappa shape index (κ1) is 14.3. The van der Waals surface area contributed by atoms with Gasteiger partial charge < -0.3 is 10.3 Å². The van der Waals surface area contributed by atoms with E-state index < -0.39 is 0 Å². The second-order valence-corrected chi connectivity index (χ2v) is 4.17. The van der Waals surface area contributed by atoms with Gasteiger partial charge in [0.05, 0.1) is 10.9 Å². The molecule has 5 nitrogen and oxygen atoms in total. The number of nitrogen functional groups attached to an aromatic ring is 1. The summed E-state index contributed by atoms with van der Waals surface area (Å²) < 4.78 is 2.01. The van der Waals surface area contributed by atoms with Gasteiger partial charge in [0.1, 0.15) is 0 Å². The molecule has 100 valence electrons. The van der Waals surface area contributed by atoms with Crippen LogP contribution in [0, 0.1) is 0 Å². The maximum atomic E-state index is 11.8. The number of H-pyrrole nitrogens is 1. The topological polar surface area (TPSA) is 76.7 Å². The van der Waals surface area contributed by atoms with Crippen LogP contribution in [0.2, 0.25) is 0 Å². The van der Waals surface area contributed by atoms with Crippen LogP contribution in [-0.2, 0) is 6.42 Å². The van der Waals surface area contributed by atoms with Crippen LogP contribution >= 0.6 is 0 Å². The van der Waals surface area contributed by atoms with Crippen molar-refractivity contribution in [3.8, 4) is 0 Å². The van der Waals surface area contributed by atoms with E-state index in [1.165, 1.54) is 0 Å². The van der Waals surface area contributed by atoms with E-state index >= 15 is 0 Å². The number of aromatic amines is 1. The van der Waals surface area contributed by atoms with E-state index in [0.29, 0.717) is 11.2 Å². The molecule has 0 fully saturated rings. The molecular weight excluding hydrogens is 228 g/mol. The molecule has 2 aromatic rings. The first-order valence-electron chi connectivity index (χ1n) is 6.43. The third-order valence-corrected chi connectivity index (χ3v) is 2.80. The average Bonchev–Trinajstić information content (AvgIpc) is 2.77. The number of aromatic nitrogens is 3. The Bertz CT molecular complexity index is 580. The maximum absolute atomic E-state index is 11.8. The zero-order chi connectivity index (χ0) is 13.9. The lowest BCUT2D eigenvalue weighted by Gasteiger charge is -2.09. The number of fused-ring (bicyclic) bond motifs is 1. The van der Waals surface area contributed by atoms with Crippen LogP contribution in [0.3, 0.4) is 0 Å². The Hall–Kier alpha value is -1.78. The molecule has 18 heavy (non-hydrogen) atoms. The third-order valence-electron chi connectivity index (χ3n) is 2.80. The van der Waals surface area contributed by atoms with E-state index in [-0.39, 0.29) is 11.6 Å². The smallest absolute Gasteiger partial charge is 0.274 e. The Morgan fingerprint density at radius 2 is 2.06 bits per heavy atom. The summed E-state index contributed by atoms with van der Waals surface area (Å²) in [5, 5.41) is 6.91. The zero-order valence-corrected chi connectivity index (χ0v) is 11.7. The first-order valence-corrected chi connectivity index (χ1v) is 6.43. The fourth-order valence-electron chi connectivity index (χ4n) is 1.99. The number of nitrogens with zero attached hydrogens (tertiary/aromatic N) is 2. The molecule has 2 heterocycles. The lowest BCUT2D eigenvalue weighted by molar-refractivity contribution is 0.620. The van der Waals surface area contributed by atoms with Crippen LogP contribution in [-0.4, -0.2) is 14.8 Å². The normalized spacial score (nSPS) is 10.6. The average molecular weight is 250 g/mol. The van der Waals surface area contributed by atoms with Crippen LogP contribution in [0.4, 0.5) is 5.82 Å². The number of nitrogens with one attached hydrogen (secondary N) is 1. The maximum Gasteiger partial charge on any atom is 0.274 e. The number of hydrogen-bond acceptors (Lipinski definition) is 3. The van der Waals surface area contributed by atoms with E-state index in [9.17, 15) is 4.79 Å². The Morgan fingerprint density at radius 1 is 1.44 bits per heavy atom. The number of hydrogen-bond donors (Lipinski definition) is 2. The summed E-state index contributed by atoms with van der Waals surface area (Å²) in [6.45, 7) is 10.1. The van der Waals surface area contributed by atoms with Crippen LogP contribution in [0.15, 0.2) is 11.0 Å². The van der Waals surface area contributed by atoms with E-state index in [1.807, 2.05) is 31.5 Å². The fraction of sp³-hybridized carbons (Fsp3) is 0.538. The van der Waals surface area contributed by atoms with E-state index in [2.05, 4.69) is 24.0 Å². The molecule has 0 unspecified atom stereocenters. The Labute approximate surface area is 107 Å². The molecular formula is C13H22N4O. The Morgan fingerprint density at radius 3 is 2.56 bits per heavy atom. The van der Waals surface area contributed by atoms with Crippen LogP contribution < -0.4 is 11.3 Å².